The number of fused-ring (bicyclic) bond motifs is 1. The molecule has 2 aromatic rings. The Hall–Kier alpha value is -3.22. The van der Waals surface area contributed by atoms with Crippen molar-refractivity contribution in [1.29, 1.82) is 0 Å². The summed E-state index contributed by atoms with van der Waals surface area (Å²) in [5.41, 5.74) is 0.831. The van der Waals surface area contributed by atoms with Crippen molar-refractivity contribution < 1.29 is 23.8 Å². The molecule has 2 amide bonds. The van der Waals surface area contributed by atoms with Gasteiger partial charge in [-0.2, -0.15) is 0 Å². The summed E-state index contributed by atoms with van der Waals surface area (Å²) < 4.78 is 16.6. The Morgan fingerprint density at radius 1 is 1.14 bits per heavy atom. The van der Waals surface area contributed by atoms with Crippen molar-refractivity contribution in [2.45, 2.75) is 25.5 Å². The quantitative estimate of drug-likeness (QED) is 0.765. The van der Waals surface area contributed by atoms with Crippen LogP contribution in [0.15, 0.2) is 48.5 Å². The molecule has 0 radical (unpaired) electrons. The number of benzene rings is 2. The van der Waals surface area contributed by atoms with Gasteiger partial charge in [-0.1, -0.05) is 24.3 Å². The van der Waals surface area contributed by atoms with Gasteiger partial charge in [0.2, 0.25) is 11.8 Å². The first-order valence-corrected chi connectivity index (χ1v) is 9.11. The van der Waals surface area contributed by atoms with Gasteiger partial charge in [0.1, 0.15) is 18.5 Å². The van der Waals surface area contributed by atoms with Gasteiger partial charge in [-0.3, -0.25) is 9.59 Å². The number of nitrogens with one attached hydrogen (secondary N) is 2. The Kier molecular flexibility index (Phi) is 6.37. The molecule has 7 nitrogen and oxygen atoms in total. The molecule has 28 heavy (non-hydrogen) atoms. The van der Waals surface area contributed by atoms with Crippen LogP contribution in [0, 0.1) is 0 Å². The minimum Gasteiger partial charge on any atom is -0.497 e. The molecule has 1 aliphatic heterocycles. The van der Waals surface area contributed by atoms with Crippen LogP contribution in [0.25, 0.3) is 0 Å². The van der Waals surface area contributed by atoms with E-state index in [-0.39, 0.29) is 24.3 Å². The zero-order valence-electron chi connectivity index (χ0n) is 15.9. The van der Waals surface area contributed by atoms with E-state index < -0.39 is 6.04 Å². The normalized spacial score (nSPS) is 16.0. The van der Waals surface area contributed by atoms with Crippen molar-refractivity contribution in [3.05, 3.63) is 54.1 Å². The average Bonchev–Trinajstić information content (AvgIpc) is 2.71. The molecule has 0 aromatic heterocycles. The highest BCUT2D eigenvalue weighted by Crippen LogP contribution is 2.30. The van der Waals surface area contributed by atoms with Gasteiger partial charge in [-0.25, -0.2) is 0 Å². The zero-order chi connectivity index (χ0) is 19.9. The maximum atomic E-state index is 12.4. The fourth-order valence-electron chi connectivity index (χ4n) is 2.98. The van der Waals surface area contributed by atoms with Crippen LogP contribution in [0.2, 0.25) is 0 Å². The molecule has 7 heteroatoms. The number of hydrogen-bond acceptors (Lipinski definition) is 5. The maximum absolute atomic E-state index is 12.4. The molecule has 1 aliphatic rings. The van der Waals surface area contributed by atoms with E-state index in [0.29, 0.717) is 30.4 Å². The largest absolute Gasteiger partial charge is 0.497 e. The third kappa shape index (κ3) is 5.16. The number of carbonyl (C=O) groups is 2. The highest BCUT2D eigenvalue weighted by atomic mass is 16.6. The molecule has 148 valence electrons. The molecule has 0 aliphatic carbocycles. The van der Waals surface area contributed by atoms with E-state index in [1.54, 1.807) is 19.2 Å². The lowest BCUT2D eigenvalue weighted by atomic mass is 10.0. The number of amides is 2. The summed E-state index contributed by atoms with van der Waals surface area (Å²) in [6.07, 6.45) is -0.144. The fraction of sp³-hybridized carbons (Fsp3) is 0.333. The van der Waals surface area contributed by atoms with Crippen molar-refractivity contribution in [3.63, 3.8) is 0 Å². The lowest BCUT2D eigenvalue weighted by molar-refractivity contribution is -0.123. The van der Waals surface area contributed by atoms with Crippen LogP contribution in [-0.2, 0) is 9.59 Å². The SMILES string of the molecule is COc1ccc(C(CC(=O)NCC2COc3ccccc3O2)NC(C)=O)cc1. The van der Waals surface area contributed by atoms with Crippen molar-refractivity contribution in [3.8, 4) is 17.2 Å². The molecule has 0 bridgehead atoms. The van der Waals surface area contributed by atoms with Crippen LogP contribution >= 0.6 is 0 Å². The highest BCUT2D eigenvalue weighted by Gasteiger charge is 2.22. The predicted molar refractivity (Wildman–Crippen MR) is 104 cm³/mol. The van der Waals surface area contributed by atoms with E-state index >= 15 is 0 Å². The average molecular weight is 384 g/mol. The Labute approximate surface area is 164 Å². The molecule has 2 aromatic carbocycles. The van der Waals surface area contributed by atoms with Crippen LogP contribution in [-0.4, -0.2) is 38.2 Å². The third-order valence-electron chi connectivity index (χ3n) is 4.38. The molecule has 0 fully saturated rings. The second kappa shape index (κ2) is 9.12. The van der Waals surface area contributed by atoms with Gasteiger partial charge in [-0.15, -0.1) is 0 Å². The lowest BCUT2D eigenvalue weighted by Crippen LogP contribution is -2.41. The van der Waals surface area contributed by atoms with E-state index in [1.165, 1.54) is 6.92 Å². The van der Waals surface area contributed by atoms with E-state index in [1.807, 2.05) is 36.4 Å². The smallest absolute Gasteiger partial charge is 0.222 e. The van der Waals surface area contributed by atoms with Crippen LogP contribution in [0.5, 0.6) is 17.2 Å². The lowest BCUT2D eigenvalue weighted by Gasteiger charge is -2.27. The second-order valence-electron chi connectivity index (χ2n) is 6.53. The summed E-state index contributed by atoms with van der Waals surface area (Å²) in [5, 5.41) is 5.68. The minimum absolute atomic E-state index is 0.121. The maximum Gasteiger partial charge on any atom is 0.222 e. The van der Waals surface area contributed by atoms with Gasteiger partial charge in [0.05, 0.1) is 26.1 Å². The zero-order valence-corrected chi connectivity index (χ0v) is 15.9. The predicted octanol–water partition coefficient (Wildman–Crippen LogP) is 2.22. The third-order valence-corrected chi connectivity index (χ3v) is 4.38. The minimum atomic E-state index is -0.423. The summed E-state index contributed by atoms with van der Waals surface area (Å²) in [6.45, 7) is 2.12. The van der Waals surface area contributed by atoms with Crippen molar-refractivity contribution >= 4 is 11.8 Å². The second-order valence-corrected chi connectivity index (χ2v) is 6.53. The van der Waals surface area contributed by atoms with E-state index in [9.17, 15) is 9.59 Å². The molecular formula is C21H24N2O5. The molecule has 0 saturated carbocycles. The van der Waals surface area contributed by atoms with Gasteiger partial charge < -0.3 is 24.8 Å². The number of hydrogen-bond donors (Lipinski definition) is 2. The van der Waals surface area contributed by atoms with Crippen LogP contribution in [0.1, 0.15) is 24.9 Å². The summed E-state index contributed by atoms with van der Waals surface area (Å²) >= 11 is 0. The molecule has 0 saturated heterocycles. The summed E-state index contributed by atoms with van der Waals surface area (Å²) in [5.74, 6) is 1.70. The first-order chi connectivity index (χ1) is 13.5. The number of rotatable bonds is 7. The number of para-hydroxylation sites is 2. The molecule has 2 N–H and O–H groups in total. The molecular weight excluding hydrogens is 360 g/mol. The first kappa shape index (κ1) is 19.5. The van der Waals surface area contributed by atoms with E-state index in [0.717, 1.165) is 5.56 Å². The topological polar surface area (TPSA) is 85.9 Å². The Bertz CT molecular complexity index is 822. The van der Waals surface area contributed by atoms with Gasteiger partial charge >= 0.3 is 0 Å². The van der Waals surface area contributed by atoms with Crippen LogP contribution in [0.3, 0.4) is 0 Å². The van der Waals surface area contributed by atoms with Gasteiger partial charge in [0, 0.05) is 6.92 Å². The summed E-state index contributed by atoms with van der Waals surface area (Å²) in [6, 6.07) is 14.3. The molecule has 2 atom stereocenters. The number of ether oxygens (including phenoxy) is 3. The molecule has 3 rings (SSSR count). The standard InChI is InChI=1S/C21H24N2O5/c1-14(24)23-18(15-7-9-16(26-2)10-8-15)11-21(25)22-12-17-13-27-19-5-3-4-6-20(19)28-17/h3-10,17-18H,11-13H2,1-2H3,(H,22,25)(H,23,24). The molecule has 1 heterocycles. The van der Waals surface area contributed by atoms with Crippen molar-refractivity contribution in [2.24, 2.45) is 0 Å². The van der Waals surface area contributed by atoms with E-state index in [2.05, 4.69) is 10.6 Å². The van der Waals surface area contributed by atoms with E-state index in [4.69, 9.17) is 14.2 Å². The Morgan fingerprint density at radius 2 is 1.86 bits per heavy atom. The Morgan fingerprint density at radius 3 is 2.54 bits per heavy atom. The van der Waals surface area contributed by atoms with Crippen LogP contribution < -0.4 is 24.8 Å². The highest BCUT2D eigenvalue weighted by molar-refractivity contribution is 5.79. The van der Waals surface area contributed by atoms with Crippen LogP contribution in [0.4, 0.5) is 0 Å². The van der Waals surface area contributed by atoms with Gasteiger partial charge in [0.15, 0.2) is 11.5 Å². The number of carbonyl (C=O) groups excluding carboxylic acids is 2. The monoisotopic (exact) mass is 384 g/mol. The summed E-state index contributed by atoms with van der Waals surface area (Å²) in [4.78, 5) is 24.0. The van der Waals surface area contributed by atoms with Gasteiger partial charge in [-0.05, 0) is 29.8 Å². The van der Waals surface area contributed by atoms with Gasteiger partial charge in [0.25, 0.3) is 0 Å². The van der Waals surface area contributed by atoms with Crippen molar-refractivity contribution in [1.82, 2.24) is 10.6 Å². The fourth-order valence-corrected chi connectivity index (χ4v) is 2.98. The first-order valence-electron chi connectivity index (χ1n) is 9.11. The Balaban J connectivity index is 1.55. The number of methoxy groups -OCH3 is 1. The molecule has 0 spiro atoms. The van der Waals surface area contributed by atoms with Crippen molar-refractivity contribution in [2.75, 3.05) is 20.3 Å². The summed E-state index contributed by atoms with van der Waals surface area (Å²) in [7, 11) is 1.59. The molecule has 2 unspecified atom stereocenters.